The average molecular weight is 391 g/mol. The summed E-state index contributed by atoms with van der Waals surface area (Å²) in [5.74, 6) is 0.387. The largest absolute Gasteiger partial charge is 0.496 e. The van der Waals surface area contributed by atoms with Crippen LogP contribution in [0.2, 0.25) is 0 Å². The first-order valence-electron chi connectivity index (χ1n) is 6.77. The van der Waals surface area contributed by atoms with Crippen LogP contribution in [-0.4, -0.2) is 18.1 Å². The third-order valence-electron chi connectivity index (χ3n) is 2.89. The summed E-state index contributed by atoms with van der Waals surface area (Å²) >= 11 is 8.47. The quantitative estimate of drug-likeness (QED) is 0.612. The Hall–Kier alpha value is -2.18. The monoisotopic (exact) mass is 390 g/mol. The van der Waals surface area contributed by atoms with Crippen LogP contribution in [0.1, 0.15) is 5.56 Å². The molecule has 6 heteroatoms. The van der Waals surface area contributed by atoms with Crippen molar-refractivity contribution in [3.05, 3.63) is 64.6 Å². The SMILES string of the molecule is COc1ccccc1C=CC(=O)NC(=S)Nc1ccc(Br)cc1. The van der Waals surface area contributed by atoms with Gasteiger partial charge >= 0.3 is 0 Å². The van der Waals surface area contributed by atoms with Gasteiger partial charge in [0.1, 0.15) is 5.75 Å². The standard InChI is InChI=1S/C17H15BrN2O2S/c1-22-15-5-3-2-4-12(15)6-11-16(21)20-17(23)19-14-9-7-13(18)8-10-14/h2-11H,1H3,(H2,19,20,21,23). The molecule has 2 rings (SSSR count). The second-order valence-corrected chi connectivity index (χ2v) is 5.85. The summed E-state index contributed by atoms with van der Waals surface area (Å²) in [7, 11) is 1.59. The molecule has 0 spiro atoms. The molecular weight excluding hydrogens is 376 g/mol. The normalized spacial score (nSPS) is 10.3. The first-order chi connectivity index (χ1) is 11.1. The lowest BCUT2D eigenvalue weighted by Crippen LogP contribution is -2.32. The Labute approximate surface area is 148 Å². The molecule has 0 fully saturated rings. The lowest BCUT2D eigenvalue weighted by atomic mass is 10.2. The average Bonchev–Trinajstić information content (AvgIpc) is 2.55. The number of methoxy groups -OCH3 is 1. The van der Waals surface area contributed by atoms with Gasteiger partial charge in [-0.25, -0.2) is 0 Å². The molecule has 2 aromatic carbocycles. The minimum atomic E-state index is -0.314. The highest BCUT2D eigenvalue weighted by molar-refractivity contribution is 9.10. The molecule has 0 saturated carbocycles. The number of nitrogens with one attached hydrogen (secondary N) is 2. The molecule has 1 amide bonds. The summed E-state index contributed by atoms with van der Waals surface area (Å²) in [6.07, 6.45) is 3.09. The second-order valence-electron chi connectivity index (χ2n) is 4.53. The van der Waals surface area contributed by atoms with Crippen LogP contribution in [-0.2, 0) is 4.79 Å². The van der Waals surface area contributed by atoms with E-state index in [1.54, 1.807) is 13.2 Å². The van der Waals surface area contributed by atoms with E-state index in [0.717, 1.165) is 15.7 Å². The Morgan fingerprint density at radius 3 is 2.57 bits per heavy atom. The molecular formula is C17H15BrN2O2S. The van der Waals surface area contributed by atoms with Crippen molar-refractivity contribution in [1.29, 1.82) is 0 Å². The van der Waals surface area contributed by atoms with Crippen molar-refractivity contribution in [2.24, 2.45) is 0 Å². The van der Waals surface area contributed by atoms with Crippen LogP contribution in [0, 0.1) is 0 Å². The lowest BCUT2D eigenvalue weighted by molar-refractivity contribution is -0.115. The Balaban J connectivity index is 1.92. The highest BCUT2D eigenvalue weighted by atomic mass is 79.9. The van der Waals surface area contributed by atoms with E-state index in [0.29, 0.717) is 5.75 Å². The predicted octanol–water partition coefficient (Wildman–Crippen LogP) is 3.98. The van der Waals surface area contributed by atoms with Crippen LogP contribution in [0.15, 0.2) is 59.1 Å². The van der Waals surface area contributed by atoms with Crippen LogP contribution in [0.4, 0.5) is 5.69 Å². The third kappa shape index (κ3) is 5.50. The molecule has 4 nitrogen and oxygen atoms in total. The van der Waals surface area contributed by atoms with Crippen LogP contribution in [0.3, 0.4) is 0 Å². The van der Waals surface area contributed by atoms with Gasteiger partial charge in [0.15, 0.2) is 5.11 Å². The maximum absolute atomic E-state index is 11.9. The second kappa shape index (κ2) is 8.45. The van der Waals surface area contributed by atoms with Crippen molar-refractivity contribution in [2.45, 2.75) is 0 Å². The number of amides is 1. The molecule has 0 radical (unpaired) electrons. The Kier molecular flexibility index (Phi) is 6.31. The number of thiocarbonyl (C=S) groups is 1. The number of carbonyl (C=O) groups is 1. The van der Waals surface area contributed by atoms with Gasteiger partial charge in [-0.05, 0) is 48.6 Å². The van der Waals surface area contributed by atoms with E-state index in [1.807, 2.05) is 48.5 Å². The molecule has 0 aliphatic rings. The third-order valence-corrected chi connectivity index (χ3v) is 3.62. The Bertz CT molecular complexity index is 730. The minimum absolute atomic E-state index is 0.238. The maximum Gasteiger partial charge on any atom is 0.250 e. The molecule has 0 aromatic heterocycles. The van der Waals surface area contributed by atoms with Gasteiger partial charge in [-0.15, -0.1) is 0 Å². The molecule has 0 aliphatic heterocycles. The van der Waals surface area contributed by atoms with Gasteiger partial charge in [-0.3, -0.25) is 10.1 Å². The minimum Gasteiger partial charge on any atom is -0.496 e. The van der Waals surface area contributed by atoms with Crippen molar-refractivity contribution in [3.8, 4) is 5.75 Å². The number of rotatable bonds is 4. The van der Waals surface area contributed by atoms with E-state index in [-0.39, 0.29) is 11.0 Å². The summed E-state index contributed by atoms with van der Waals surface area (Å²) in [5, 5.41) is 5.77. The molecule has 0 saturated heterocycles. The first kappa shape index (κ1) is 17.2. The van der Waals surface area contributed by atoms with Crippen molar-refractivity contribution in [2.75, 3.05) is 12.4 Å². The number of hydrogen-bond donors (Lipinski definition) is 2. The van der Waals surface area contributed by atoms with Gasteiger partial charge in [-0.1, -0.05) is 34.1 Å². The van der Waals surface area contributed by atoms with E-state index in [9.17, 15) is 4.79 Å². The Morgan fingerprint density at radius 2 is 1.87 bits per heavy atom. The number of halogens is 1. The van der Waals surface area contributed by atoms with Gasteiger partial charge in [0.2, 0.25) is 5.91 Å². The molecule has 0 bridgehead atoms. The van der Waals surface area contributed by atoms with Crippen molar-refractivity contribution < 1.29 is 9.53 Å². The number of carbonyl (C=O) groups excluding carboxylic acids is 1. The number of hydrogen-bond acceptors (Lipinski definition) is 3. The fourth-order valence-corrected chi connectivity index (χ4v) is 2.30. The van der Waals surface area contributed by atoms with Gasteiger partial charge in [0, 0.05) is 21.8 Å². The van der Waals surface area contributed by atoms with Crippen LogP contribution in [0.25, 0.3) is 6.08 Å². The molecule has 2 aromatic rings. The van der Waals surface area contributed by atoms with Crippen molar-refractivity contribution in [1.82, 2.24) is 5.32 Å². The first-order valence-corrected chi connectivity index (χ1v) is 7.97. The summed E-state index contributed by atoms with van der Waals surface area (Å²) in [6.45, 7) is 0. The number of anilines is 1. The van der Waals surface area contributed by atoms with Gasteiger partial charge in [-0.2, -0.15) is 0 Å². The highest BCUT2D eigenvalue weighted by Gasteiger charge is 2.03. The molecule has 118 valence electrons. The fraction of sp³-hybridized carbons (Fsp3) is 0.0588. The lowest BCUT2D eigenvalue weighted by Gasteiger charge is -2.08. The zero-order valence-electron chi connectivity index (χ0n) is 12.4. The molecule has 23 heavy (non-hydrogen) atoms. The van der Waals surface area contributed by atoms with Crippen LogP contribution >= 0.6 is 28.1 Å². The van der Waals surface area contributed by atoms with Crippen LogP contribution in [0.5, 0.6) is 5.75 Å². The van der Waals surface area contributed by atoms with E-state index >= 15 is 0 Å². The van der Waals surface area contributed by atoms with E-state index in [4.69, 9.17) is 17.0 Å². The predicted molar refractivity (Wildman–Crippen MR) is 101 cm³/mol. The fourth-order valence-electron chi connectivity index (χ4n) is 1.82. The van der Waals surface area contributed by atoms with Gasteiger partial charge < -0.3 is 10.1 Å². The Morgan fingerprint density at radius 1 is 1.17 bits per heavy atom. The number of benzene rings is 2. The summed E-state index contributed by atoms with van der Waals surface area (Å²) in [4.78, 5) is 11.9. The number of ether oxygens (including phenoxy) is 1. The smallest absolute Gasteiger partial charge is 0.250 e. The van der Waals surface area contributed by atoms with Gasteiger partial charge in [0.25, 0.3) is 0 Å². The van der Waals surface area contributed by atoms with Crippen LogP contribution < -0.4 is 15.4 Å². The van der Waals surface area contributed by atoms with E-state index < -0.39 is 0 Å². The molecule has 0 aliphatic carbocycles. The summed E-state index contributed by atoms with van der Waals surface area (Å²) in [5.41, 5.74) is 1.61. The number of para-hydroxylation sites is 1. The topological polar surface area (TPSA) is 50.4 Å². The summed E-state index contributed by atoms with van der Waals surface area (Å²) < 4.78 is 6.19. The molecule has 0 unspecified atom stereocenters. The van der Waals surface area contributed by atoms with E-state index in [2.05, 4.69) is 26.6 Å². The zero-order chi connectivity index (χ0) is 16.7. The highest BCUT2D eigenvalue weighted by Crippen LogP contribution is 2.18. The maximum atomic E-state index is 11.9. The summed E-state index contributed by atoms with van der Waals surface area (Å²) in [6, 6.07) is 14.9. The van der Waals surface area contributed by atoms with Gasteiger partial charge in [0.05, 0.1) is 7.11 Å². The molecule has 0 heterocycles. The van der Waals surface area contributed by atoms with Crippen molar-refractivity contribution >= 4 is 50.9 Å². The zero-order valence-corrected chi connectivity index (χ0v) is 14.8. The molecule has 0 atom stereocenters. The molecule has 2 N–H and O–H groups in total. The van der Waals surface area contributed by atoms with E-state index in [1.165, 1.54) is 6.08 Å². The van der Waals surface area contributed by atoms with Crippen molar-refractivity contribution in [3.63, 3.8) is 0 Å².